The van der Waals surface area contributed by atoms with Crippen LogP contribution in [0.15, 0.2) is 42.5 Å². The third kappa shape index (κ3) is 4.53. The lowest BCUT2D eigenvalue weighted by Crippen LogP contribution is -2.20. The summed E-state index contributed by atoms with van der Waals surface area (Å²) in [5.41, 5.74) is 1.48. The lowest BCUT2D eigenvalue weighted by molar-refractivity contribution is -0.119. The molecule has 0 saturated heterocycles. The first-order chi connectivity index (χ1) is 12.5. The number of ether oxygens (including phenoxy) is 2. The monoisotopic (exact) mass is 356 g/mol. The zero-order valence-corrected chi connectivity index (χ0v) is 15.5. The maximum atomic E-state index is 12.4. The highest BCUT2D eigenvalue weighted by molar-refractivity contribution is 6.05. The number of benzene rings is 2. The van der Waals surface area contributed by atoms with Crippen molar-refractivity contribution in [3.05, 3.63) is 48.0 Å². The third-order valence-corrected chi connectivity index (χ3v) is 4.12. The van der Waals surface area contributed by atoms with Gasteiger partial charge >= 0.3 is 0 Å². The van der Waals surface area contributed by atoms with Gasteiger partial charge in [-0.3, -0.25) is 9.59 Å². The number of methoxy groups -OCH3 is 2. The molecule has 26 heavy (non-hydrogen) atoms. The molecule has 1 atom stereocenters. The lowest BCUT2D eigenvalue weighted by Gasteiger charge is -2.17. The lowest BCUT2D eigenvalue weighted by atomic mass is 10.1. The smallest absolute Gasteiger partial charge is 0.255 e. The van der Waals surface area contributed by atoms with Gasteiger partial charge in [0.2, 0.25) is 5.91 Å². The predicted molar refractivity (Wildman–Crippen MR) is 102 cm³/mol. The maximum Gasteiger partial charge on any atom is 0.255 e. The van der Waals surface area contributed by atoms with E-state index in [2.05, 4.69) is 10.6 Å². The fraction of sp³-hybridized carbons (Fsp3) is 0.300. The van der Waals surface area contributed by atoms with Crippen LogP contribution in [0.3, 0.4) is 0 Å². The van der Waals surface area contributed by atoms with E-state index >= 15 is 0 Å². The van der Waals surface area contributed by atoms with E-state index in [-0.39, 0.29) is 17.7 Å². The van der Waals surface area contributed by atoms with Crippen molar-refractivity contribution >= 4 is 23.2 Å². The van der Waals surface area contributed by atoms with Crippen LogP contribution in [0.25, 0.3) is 0 Å². The SMILES string of the molecule is CC[C@@H](C)C(=O)Nc1cc(OC)c(NC(=O)c2ccccc2)cc1OC. The fourth-order valence-electron chi connectivity index (χ4n) is 2.32. The minimum atomic E-state index is -0.262. The Morgan fingerprint density at radius 2 is 1.50 bits per heavy atom. The number of anilines is 2. The van der Waals surface area contributed by atoms with Crippen LogP contribution in [0.5, 0.6) is 11.5 Å². The van der Waals surface area contributed by atoms with Crippen LogP contribution in [0.4, 0.5) is 11.4 Å². The summed E-state index contributed by atoms with van der Waals surface area (Å²) in [6, 6.07) is 12.1. The van der Waals surface area contributed by atoms with Gasteiger partial charge in [0, 0.05) is 23.6 Å². The largest absolute Gasteiger partial charge is 0.494 e. The Labute approximate surface area is 153 Å². The van der Waals surface area contributed by atoms with Gasteiger partial charge in [0.05, 0.1) is 25.6 Å². The molecule has 0 radical (unpaired) electrons. The van der Waals surface area contributed by atoms with Crippen LogP contribution in [0.2, 0.25) is 0 Å². The molecule has 6 heteroatoms. The number of carbonyl (C=O) groups excluding carboxylic acids is 2. The molecule has 0 aromatic heterocycles. The highest BCUT2D eigenvalue weighted by atomic mass is 16.5. The number of carbonyl (C=O) groups is 2. The molecule has 0 spiro atoms. The van der Waals surface area contributed by atoms with E-state index < -0.39 is 0 Å². The summed E-state index contributed by atoms with van der Waals surface area (Å²) < 4.78 is 10.7. The van der Waals surface area contributed by atoms with Crippen LogP contribution < -0.4 is 20.1 Å². The quantitative estimate of drug-likeness (QED) is 0.788. The molecule has 6 nitrogen and oxygen atoms in total. The molecule has 138 valence electrons. The zero-order valence-electron chi connectivity index (χ0n) is 15.5. The Hall–Kier alpha value is -3.02. The molecule has 2 amide bonds. The predicted octanol–water partition coefficient (Wildman–Crippen LogP) is 3.94. The van der Waals surface area contributed by atoms with Crippen molar-refractivity contribution in [2.75, 3.05) is 24.9 Å². The van der Waals surface area contributed by atoms with Gasteiger partial charge in [-0.1, -0.05) is 32.0 Å². The average molecular weight is 356 g/mol. The van der Waals surface area contributed by atoms with E-state index in [0.29, 0.717) is 28.4 Å². The van der Waals surface area contributed by atoms with Crippen molar-refractivity contribution in [3.63, 3.8) is 0 Å². The molecule has 0 aliphatic rings. The van der Waals surface area contributed by atoms with Gasteiger partial charge in [-0.2, -0.15) is 0 Å². The second-order valence-corrected chi connectivity index (χ2v) is 5.87. The van der Waals surface area contributed by atoms with E-state index in [1.807, 2.05) is 19.9 Å². The second-order valence-electron chi connectivity index (χ2n) is 5.87. The zero-order chi connectivity index (χ0) is 19.1. The summed E-state index contributed by atoms with van der Waals surface area (Å²) in [5.74, 6) is 0.375. The Balaban J connectivity index is 2.30. The standard InChI is InChI=1S/C20H24N2O4/c1-5-13(2)19(23)21-15-11-18(26-4)16(12-17(15)25-3)22-20(24)14-9-7-6-8-10-14/h6-13H,5H2,1-4H3,(H,21,23)(H,22,24)/t13-/m1/s1. The average Bonchev–Trinajstić information content (AvgIpc) is 2.68. The highest BCUT2D eigenvalue weighted by Crippen LogP contribution is 2.37. The summed E-state index contributed by atoms with van der Waals surface area (Å²) in [6.07, 6.45) is 0.733. The number of rotatable bonds is 7. The van der Waals surface area contributed by atoms with Crippen molar-refractivity contribution < 1.29 is 19.1 Å². The summed E-state index contributed by atoms with van der Waals surface area (Å²) >= 11 is 0. The Morgan fingerprint density at radius 1 is 0.962 bits per heavy atom. The number of hydrogen-bond donors (Lipinski definition) is 2. The van der Waals surface area contributed by atoms with Crippen LogP contribution >= 0.6 is 0 Å². The molecule has 0 aliphatic carbocycles. The minimum absolute atomic E-state index is 0.103. The van der Waals surface area contributed by atoms with E-state index in [9.17, 15) is 9.59 Å². The number of nitrogens with one attached hydrogen (secondary N) is 2. The summed E-state index contributed by atoms with van der Waals surface area (Å²) in [5, 5.41) is 5.65. The molecular formula is C20H24N2O4. The van der Waals surface area contributed by atoms with Crippen LogP contribution in [0, 0.1) is 5.92 Å². The van der Waals surface area contributed by atoms with E-state index in [4.69, 9.17) is 9.47 Å². The summed E-state index contributed by atoms with van der Waals surface area (Å²) in [4.78, 5) is 24.6. The minimum Gasteiger partial charge on any atom is -0.494 e. The molecule has 0 unspecified atom stereocenters. The summed E-state index contributed by atoms with van der Waals surface area (Å²) in [7, 11) is 3.00. The van der Waals surface area contributed by atoms with Crippen molar-refractivity contribution in [2.24, 2.45) is 5.92 Å². The van der Waals surface area contributed by atoms with Crippen LogP contribution in [-0.2, 0) is 4.79 Å². The normalized spacial score (nSPS) is 11.4. The Bertz CT molecular complexity index is 775. The van der Waals surface area contributed by atoms with Gasteiger partial charge in [0.1, 0.15) is 11.5 Å². The first-order valence-corrected chi connectivity index (χ1v) is 8.43. The fourth-order valence-corrected chi connectivity index (χ4v) is 2.32. The van der Waals surface area contributed by atoms with Crippen molar-refractivity contribution in [1.29, 1.82) is 0 Å². The van der Waals surface area contributed by atoms with E-state index in [1.165, 1.54) is 14.2 Å². The Morgan fingerprint density at radius 3 is 2.00 bits per heavy atom. The van der Waals surface area contributed by atoms with Gasteiger partial charge in [-0.15, -0.1) is 0 Å². The molecule has 0 aliphatic heterocycles. The van der Waals surface area contributed by atoms with Crippen molar-refractivity contribution in [2.45, 2.75) is 20.3 Å². The topological polar surface area (TPSA) is 76.7 Å². The molecular weight excluding hydrogens is 332 g/mol. The molecule has 0 bridgehead atoms. The van der Waals surface area contributed by atoms with Gasteiger partial charge in [0.25, 0.3) is 5.91 Å². The summed E-state index contributed by atoms with van der Waals surface area (Å²) in [6.45, 7) is 3.80. The van der Waals surface area contributed by atoms with E-state index in [1.54, 1.807) is 36.4 Å². The third-order valence-electron chi connectivity index (χ3n) is 4.12. The Kier molecular flexibility index (Phi) is 6.60. The first kappa shape index (κ1) is 19.3. The molecule has 2 N–H and O–H groups in total. The van der Waals surface area contributed by atoms with Gasteiger partial charge in [-0.05, 0) is 18.6 Å². The van der Waals surface area contributed by atoms with E-state index in [0.717, 1.165) is 6.42 Å². The van der Waals surface area contributed by atoms with Gasteiger partial charge < -0.3 is 20.1 Å². The number of hydrogen-bond acceptors (Lipinski definition) is 4. The molecule has 0 saturated carbocycles. The van der Waals surface area contributed by atoms with Crippen molar-refractivity contribution in [3.8, 4) is 11.5 Å². The van der Waals surface area contributed by atoms with Crippen LogP contribution in [0.1, 0.15) is 30.6 Å². The maximum absolute atomic E-state index is 12.4. The highest BCUT2D eigenvalue weighted by Gasteiger charge is 2.18. The van der Waals surface area contributed by atoms with Crippen molar-refractivity contribution in [1.82, 2.24) is 0 Å². The first-order valence-electron chi connectivity index (χ1n) is 8.43. The second kappa shape index (κ2) is 8.89. The molecule has 2 aromatic rings. The molecule has 0 fully saturated rings. The molecule has 2 aromatic carbocycles. The molecule has 2 rings (SSSR count). The van der Waals surface area contributed by atoms with Crippen LogP contribution in [-0.4, -0.2) is 26.0 Å². The molecule has 0 heterocycles. The number of amides is 2. The van der Waals surface area contributed by atoms with Gasteiger partial charge in [-0.25, -0.2) is 0 Å². The van der Waals surface area contributed by atoms with Gasteiger partial charge in [0.15, 0.2) is 0 Å².